The smallest absolute Gasteiger partial charge is 0.340 e. The summed E-state index contributed by atoms with van der Waals surface area (Å²) in [5.41, 5.74) is 3.69. The van der Waals surface area contributed by atoms with Crippen LogP contribution in [-0.2, 0) is 14.3 Å². The third kappa shape index (κ3) is 3.81. The highest BCUT2D eigenvalue weighted by molar-refractivity contribution is 6.23. The number of methoxy groups -OCH3 is 2. The normalized spacial score (nSPS) is 15.4. The summed E-state index contributed by atoms with van der Waals surface area (Å²) < 4.78 is 10.3. The summed E-state index contributed by atoms with van der Waals surface area (Å²) >= 11 is 0. The molecule has 1 aliphatic heterocycles. The van der Waals surface area contributed by atoms with Gasteiger partial charge in [0.25, 0.3) is 5.91 Å². The van der Waals surface area contributed by atoms with Gasteiger partial charge in [-0.1, -0.05) is 44.2 Å². The van der Waals surface area contributed by atoms with Gasteiger partial charge in [-0.2, -0.15) is 0 Å². The molecule has 0 radical (unpaired) electrons. The highest BCUT2D eigenvalue weighted by Crippen LogP contribution is 2.36. The zero-order chi connectivity index (χ0) is 21.1. The Labute approximate surface area is 171 Å². The number of amides is 1. The Morgan fingerprint density at radius 2 is 1.69 bits per heavy atom. The highest BCUT2D eigenvalue weighted by Gasteiger charge is 2.38. The van der Waals surface area contributed by atoms with Crippen molar-refractivity contribution in [1.82, 2.24) is 0 Å². The van der Waals surface area contributed by atoms with Gasteiger partial charge in [-0.05, 0) is 42.7 Å². The molecule has 2 aromatic rings. The average Bonchev–Trinajstić information content (AvgIpc) is 2.97. The lowest BCUT2D eigenvalue weighted by molar-refractivity contribution is -0.136. The first-order chi connectivity index (χ1) is 13.9. The molecule has 2 aromatic carbocycles. The summed E-state index contributed by atoms with van der Waals surface area (Å²) in [6.45, 7) is 5.98. The molecule has 0 saturated heterocycles. The monoisotopic (exact) mass is 391 g/mol. The van der Waals surface area contributed by atoms with Gasteiger partial charge in [0.2, 0.25) is 0 Å². The van der Waals surface area contributed by atoms with Gasteiger partial charge < -0.3 is 9.47 Å². The third-order valence-electron chi connectivity index (χ3n) is 5.05. The number of hydrogen-bond donors (Lipinski definition) is 0. The van der Waals surface area contributed by atoms with Crippen molar-refractivity contribution in [3.63, 3.8) is 0 Å². The summed E-state index contributed by atoms with van der Waals surface area (Å²) in [6, 6.07) is 15.1. The number of carbonyl (C=O) groups is 2. The van der Waals surface area contributed by atoms with Crippen LogP contribution in [0, 0.1) is 0 Å². The number of hydrogen-bond acceptors (Lipinski definition) is 4. The number of esters is 1. The fourth-order valence-electron chi connectivity index (χ4n) is 3.44. The molecule has 0 N–H and O–H groups in total. The molecule has 5 heteroatoms. The van der Waals surface area contributed by atoms with E-state index < -0.39 is 5.97 Å². The molecule has 0 saturated carbocycles. The van der Waals surface area contributed by atoms with Gasteiger partial charge in [-0.15, -0.1) is 0 Å². The second-order valence-electron chi connectivity index (χ2n) is 7.14. The number of para-hydroxylation sites is 1. The Hall–Kier alpha value is -3.34. The first kappa shape index (κ1) is 20.4. The topological polar surface area (TPSA) is 55.8 Å². The summed E-state index contributed by atoms with van der Waals surface area (Å²) in [5, 5.41) is 0. The van der Waals surface area contributed by atoms with E-state index in [9.17, 15) is 9.59 Å². The van der Waals surface area contributed by atoms with Gasteiger partial charge in [0, 0.05) is 16.9 Å². The number of rotatable bonds is 5. The Morgan fingerprint density at radius 3 is 2.28 bits per heavy atom. The molecule has 1 aliphatic rings. The molecule has 0 aliphatic carbocycles. The Morgan fingerprint density at radius 1 is 1.03 bits per heavy atom. The van der Waals surface area contributed by atoms with Crippen molar-refractivity contribution in [2.45, 2.75) is 26.7 Å². The number of carbonyl (C=O) groups excluding carboxylic acids is 2. The predicted molar refractivity (Wildman–Crippen MR) is 114 cm³/mol. The second-order valence-corrected chi connectivity index (χ2v) is 7.14. The Bertz CT molecular complexity index is 1000. The Kier molecular flexibility index (Phi) is 5.87. The summed E-state index contributed by atoms with van der Waals surface area (Å²) in [4.78, 5) is 27.4. The molecule has 3 rings (SSSR count). The third-order valence-corrected chi connectivity index (χ3v) is 5.05. The largest absolute Gasteiger partial charge is 0.496 e. The highest BCUT2D eigenvalue weighted by atomic mass is 16.5. The van der Waals surface area contributed by atoms with E-state index in [1.807, 2.05) is 48.5 Å². The molecule has 150 valence electrons. The molecule has 0 bridgehead atoms. The zero-order valence-electron chi connectivity index (χ0n) is 17.4. The van der Waals surface area contributed by atoms with E-state index in [-0.39, 0.29) is 17.1 Å². The summed E-state index contributed by atoms with van der Waals surface area (Å²) in [7, 11) is 2.88. The first-order valence-corrected chi connectivity index (χ1v) is 9.47. The van der Waals surface area contributed by atoms with E-state index in [4.69, 9.17) is 9.47 Å². The molecular weight excluding hydrogens is 366 g/mol. The number of allylic oxidation sites excluding steroid dienone is 1. The van der Waals surface area contributed by atoms with Crippen molar-refractivity contribution in [3.05, 3.63) is 76.5 Å². The van der Waals surface area contributed by atoms with E-state index in [0.717, 1.165) is 0 Å². The fraction of sp³-hybridized carbons (Fsp3) is 0.250. The van der Waals surface area contributed by atoms with Crippen LogP contribution < -0.4 is 9.64 Å². The maximum Gasteiger partial charge on any atom is 0.340 e. The number of benzene rings is 2. The summed E-state index contributed by atoms with van der Waals surface area (Å²) in [6.07, 6.45) is 1.68. The lowest BCUT2D eigenvalue weighted by atomic mass is 10.0. The predicted octanol–water partition coefficient (Wildman–Crippen LogP) is 4.70. The SMILES string of the molecule is COC(=O)C1=C(C)N(c2ccc(C(C)C)cc2)C(=O)/C1=C\c1ccccc1OC. The molecule has 29 heavy (non-hydrogen) atoms. The molecule has 0 aromatic heterocycles. The zero-order valence-corrected chi connectivity index (χ0v) is 17.4. The number of ether oxygens (including phenoxy) is 2. The number of nitrogens with zero attached hydrogens (tertiary/aromatic N) is 1. The minimum Gasteiger partial charge on any atom is -0.496 e. The van der Waals surface area contributed by atoms with E-state index in [1.165, 1.54) is 12.7 Å². The first-order valence-electron chi connectivity index (χ1n) is 9.47. The molecule has 0 fully saturated rings. The standard InChI is InChI=1S/C24H25NO4/c1-15(2)17-10-12-19(13-11-17)25-16(3)22(24(27)29-5)20(23(25)26)14-18-8-6-7-9-21(18)28-4/h6-15H,1-5H3/b20-14-. The maximum absolute atomic E-state index is 13.3. The fourth-order valence-corrected chi connectivity index (χ4v) is 3.44. The van der Waals surface area contributed by atoms with Crippen molar-refractivity contribution in [1.29, 1.82) is 0 Å². The van der Waals surface area contributed by atoms with Gasteiger partial charge in [-0.25, -0.2) is 4.79 Å². The van der Waals surface area contributed by atoms with Crippen LogP contribution in [-0.4, -0.2) is 26.1 Å². The van der Waals surface area contributed by atoms with Crippen molar-refractivity contribution >= 4 is 23.6 Å². The molecular formula is C24H25NO4. The van der Waals surface area contributed by atoms with Crippen LogP contribution in [0.1, 0.15) is 37.8 Å². The molecule has 0 spiro atoms. The lowest BCUT2D eigenvalue weighted by Crippen LogP contribution is -2.24. The van der Waals surface area contributed by atoms with Crippen LogP contribution in [0.25, 0.3) is 6.08 Å². The van der Waals surface area contributed by atoms with Gasteiger partial charge in [0.05, 0.1) is 25.4 Å². The van der Waals surface area contributed by atoms with E-state index in [1.54, 1.807) is 25.0 Å². The minimum atomic E-state index is -0.543. The molecule has 0 atom stereocenters. The summed E-state index contributed by atoms with van der Waals surface area (Å²) in [5.74, 6) is 0.195. The van der Waals surface area contributed by atoms with E-state index in [2.05, 4.69) is 13.8 Å². The Balaban J connectivity index is 2.12. The van der Waals surface area contributed by atoms with Gasteiger partial charge in [0.1, 0.15) is 5.75 Å². The minimum absolute atomic E-state index is 0.261. The second kappa shape index (κ2) is 8.35. The van der Waals surface area contributed by atoms with Crippen LogP contribution in [0.2, 0.25) is 0 Å². The molecule has 1 amide bonds. The maximum atomic E-state index is 13.3. The molecule has 5 nitrogen and oxygen atoms in total. The van der Waals surface area contributed by atoms with E-state index >= 15 is 0 Å². The van der Waals surface area contributed by atoms with Gasteiger partial charge in [-0.3, -0.25) is 9.69 Å². The van der Waals surface area contributed by atoms with E-state index in [0.29, 0.717) is 28.6 Å². The van der Waals surface area contributed by atoms with Crippen molar-refractivity contribution in [2.75, 3.05) is 19.1 Å². The quantitative estimate of drug-likeness (QED) is 0.548. The number of anilines is 1. The molecule has 1 heterocycles. The van der Waals surface area contributed by atoms with Crippen LogP contribution in [0.3, 0.4) is 0 Å². The lowest BCUT2D eigenvalue weighted by Gasteiger charge is -2.19. The van der Waals surface area contributed by atoms with Crippen LogP contribution in [0.15, 0.2) is 65.4 Å². The van der Waals surface area contributed by atoms with Crippen LogP contribution in [0.5, 0.6) is 5.75 Å². The van der Waals surface area contributed by atoms with Gasteiger partial charge >= 0.3 is 5.97 Å². The van der Waals surface area contributed by atoms with Crippen molar-refractivity contribution < 1.29 is 19.1 Å². The molecule has 0 unspecified atom stereocenters. The van der Waals surface area contributed by atoms with Crippen LogP contribution >= 0.6 is 0 Å². The average molecular weight is 391 g/mol. The van der Waals surface area contributed by atoms with Crippen molar-refractivity contribution in [3.8, 4) is 5.75 Å². The van der Waals surface area contributed by atoms with Crippen molar-refractivity contribution in [2.24, 2.45) is 0 Å². The van der Waals surface area contributed by atoms with Crippen LogP contribution in [0.4, 0.5) is 5.69 Å². The van der Waals surface area contributed by atoms with Gasteiger partial charge in [0.15, 0.2) is 0 Å².